The summed E-state index contributed by atoms with van der Waals surface area (Å²) in [7, 11) is -8.90. The van der Waals surface area contributed by atoms with Gasteiger partial charge in [-0.15, -0.1) is 10.6 Å². The Bertz CT molecular complexity index is 1340. The van der Waals surface area contributed by atoms with Crippen molar-refractivity contribution in [2.45, 2.75) is 59.0 Å². The fraction of sp³-hybridized carbons (Fsp3) is 0.409. The number of halogens is 4. The summed E-state index contributed by atoms with van der Waals surface area (Å²) in [5.74, 6) is -0.790. The molecule has 0 aliphatic carbocycles. The number of hydrogen-bond acceptors (Lipinski definition) is 5. The summed E-state index contributed by atoms with van der Waals surface area (Å²) in [5.41, 5.74) is -2.64. The molecular weight excluding hydrogens is 528 g/mol. The highest BCUT2D eigenvalue weighted by Crippen LogP contribution is 2.66. The van der Waals surface area contributed by atoms with Crippen molar-refractivity contribution < 1.29 is 45.0 Å². The van der Waals surface area contributed by atoms with Crippen LogP contribution in [0.15, 0.2) is 45.0 Å². The maximum atomic E-state index is 14.1. The zero-order valence-electron chi connectivity index (χ0n) is 19.1. The topological polar surface area (TPSA) is 127 Å². The van der Waals surface area contributed by atoms with Gasteiger partial charge < -0.3 is 10.0 Å². The summed E-state index contributed by atoms with van der Waals surface area (Å²) in [6, 6.07) is 3.61. The van der Waals surface area contributed by atoms with Crippen LogP contribution >= 0.6 is 10.6 Å². The van der Waals surface area contributed by atoms with E-state index in [1.54, 1.807) is 0 Å². The van der Waals surface area contributed by atoms with Crippen LogP contribution in [-0.4, -0.2) is 52.8 Å². The van der Waals surface area contributed by atoms with Gasteiger partial charge in [0.1, 0.15) is 5.82 Å². The molecule has 0 aromatic heterocycles. The molecule has 2 aliphatic heterocycles. The van der Waals surface area contributed by atoms with Gasteiger partial charge in [-0.1, -0.05) is 19.9 Å². The minimum atomic E-state index is -5.10. The number of carboxylic acid groups (broad SMARTS) is 1. The third kappa shape index (κ3) is 4.45. The molecule has 0 bridgehead atoms. The van der Waals surface area contributed by atoms with Gasteiger partial charge >= 0.3 is 12.3 Å². The normalized spacial score (nSPS) is 20.4. The number of alkyl halides is 3. The highest BCUT2D eigenvalue weighted by Gasteiger charge is 2.46. The van der Waals surface area contributed by atoms with Gasteiger partial charge in [-0.05, 0) is 48.2 Å². The lowest BCUT2D eigenvalue weighted by Crippen LogP contribution is -2.46. The summed E-state index contributed by atoms with van der Waals surface area (Å²) in [5, 5.41) is 9.05. The van der Waals surface area contributed by atoms with Gasteiger partial charge in [-0.25, -0.2) is 22.3 Å². The maximum absolute atomic E-state index is 14.1. The van der Waals surface area contributed by atoms with Crippen molar-refractivity contribution in [1.82, 2.24) is 9.62 Å². The van der Waals surface area contributed by atoms with Crippen LogP contribution in [0, 0.1) is 5.82 Å². The second-order valence-corrected chi connectivity index (χ2v) is 13.0. The molecule has 1 saturated heterocycles. The molecule has 2 aromatic carbocycles. The molecular formula is C22H24F4N2O6S2. The molecule has 0 spiro atoms. The number of nitrogens with one attached hydrogen (secondary N) is 1. The molecule has 1 fully saturated rings. The number of sulfonamides is 1. The van der Waals surface area contributed by atoms with Crippen LogP contribution in [0.5, 0.6) is 0 Å². The summed E-state index contributed by atoms with van der Waals surface area (Å²) in [6.07, 6.45) is -6.19. The van der Waals surface area contributed by atoms with E-state index in [9.17, 15) is 39.9 Å². The molecule has 0 atom stereocenters. The van der Waals surface area contributed by atoms with Crippen LogP contribution in [0.2, 0.25) is 0 Å². The van der Waals surface area contributed by atoms with Crippen molar-refractivity contribution in [2.75, 3.05) is 13.1 Å². The van der Waals surface area contributed by atoms with Crippen molar-refractivity contribution in [3.05, 3.63) is 52.8 Å². The highest BCUT2D eigenvalue weighted by atomic mass is 32.3. The van der Waals surface area contributed by atoms with Crippen molar-refractivity contribution in [3.8, 4) is 0 Å². The van der Waals surface area contributed by atoms with Crippen molar-refractivity contribution >= 4 is 26.7 Å². The molecule has 198 valence electrons. The summed E-state index contributed by atoms with van der Waals surface area (Å²) < 4.78 is 107. The van der Waals surface area contributed by atoms with E-state index in [4.69, 9.17) is 5.11 Å². The Morgan fingerprint density at radius 3 is 2.22 bits per heavy atom. The number of likely N-dealkylation sites (tertiary alicyclic amines) is 1. The maximum Gasteiger partial charge on any atom is 0.417 e. The number of rotatable bonds is 3. The van der Waals surface area contributed by atoms with E-state index in [-0.39, 0.29) is 42.0 Å². The second-order valence-electron chi connectivity index (χ2n) is 9.32. The minimum absolute atomic E-state index is 0.00405. The van der Waals surface area contributed by atoms with Crippen LogP contribution < -0.4 is 4.72 Å². The largest absolute Gasteiger partial charge is 0.465 e. The van der Waals surface area contributed by atoms with Crippen molar-refractivity contribution in [1.29, 1.82) is 0 Å². The van der Waals surface area contributed by atoms with E-state index in [1.165, 1.54) is 19.9 Å². The number of hydrogen-bond donors (Lipinski definition) is 4. The van der Waals surface area contributed by atoms with E-state index in [1.807, 2.05) is 0 Å². The van der Waals surface area contributed by atoms with Gasteiger partial charge in [0, 0.05) is 24.5 Å². The van der Waals surface area contributed by atoms with E-state index >= 15 is 0 Å². The third-order valence-electron chi connectivity index (χ3n) is 6.67. The Kier molecular flexibility index (Phi) is 6.36. The third-order valence-corrected chi connectivity index (χ3v) is 10.1. The van der Waals surface area contributed by atoms with Gasteiger partial charge in [0.05, 0.1) is 20.2 Å². The fourth-order valence-electron chi connectivity index (χ4n) is 4.71. The number of nitrogens with zero attached hydrogens (tertiary/aromatic N) is 1. The molecule has 2 aromatic rings. The Labute approximate surface area is 206 Å². The molecule has 2 heterocycles. The lowest BCUT2D eigenvalue weighted by Gasteiger charge is -2.46. The van der Waals surface area contributed by atoms with Crippen LogP contribution in [-0.2, 0) is 21.6 Å². The second kappa shape index (κ2) is 8.58. The monoisotopic (exact) mass is 552 g/mol. The van der Waals surface area contributed by atoms with Crippen LogP contribution in [0.1, 0.15) is 43.4 Å². The number of amides is 1. The summed E-state index contributed by atoms with van der Waals surface area (Å²) >= 11 is 0. The minimum Gasteiger partial charge on any atom is -0.465 e. The van der Waals surface area contributed by atoms with E-state index < -0.39 is 65.5 Å². The molecule has 4 rings (SSSR count). The van der Waals surface area contributed by atoms with Gasteiger partial charge in [-0.2, -0.15) is 13.2 Å². The van der Waals surface area contributed by atoms with Gasteiger partial charge in [-0.3, -0.25) is 9.11 Å². The quantitative estimate of drug-likeness (QED) is 0.394. The Balaban J connectivity index is 1.85. The first-order valence-electron chi connectivity index (χ1n) is 10.8. The van der Waals surface area contributed by atoms with Gasteiger partial charge in [0.15, 0.2) is 0 Å². The molecule has 14 heteroatoms. The van der Waals surface area contributed by atoms with E-state index in [0.29, 0.717) is 12.1 Å². The average Bonchev–Trinajstić information content (AvgIpc) is 2.76. The Morgan fingerprint density at radius 1 is 1.08 bits per heavy atom. The molecule has 0 saturated carbocycles. The summed E-state index contributed by atoms with van der Waals surface area (Å²) in [4.78, 5) is 10.3. The first kappa shape index (κ1) is 26.7. The molecule has 4 N–H and O–H groups in total. The van der Waals surface area contributed by atoms with Crippen LogP contribution in [0.3, 0.4) is 0 Å². The zero-order chi connectivity index (χ0) is 26.8. The highest BCUT2D eigenvalue weighted by molar-refractivity contribution is 8.24. The molecule has 1 amide bonds. The van der Waals surface area contributed by atoms with E-state index in [0.717, 1.165) is 17.0 Å². The van der Waals surface area contributed by atoms with Gasteiger partial charge in [0.2, 0.25) is 10.0 Å². The SMILES string of the molecule is CC1(C)c2ccc(F)cc2S(O)(O)c2cc(S(=O)(=O)NC3CCN(C(=O)O)CC3)c(C(F)(F)F)cc21. The molecule has 8 nitrogen and oxygen atoms in total. The van der Waals surface area contributed by atoms with Crippen molar-refractivity contribution in [3.63, 3.8) is 0 Å². The molecule has 2 aliphatic rings. The molecule has 0 radical (unpaired) electrons. The lowest BCUT2D eigenvalue weighted by molar-refractivity contribution is -0.140. The number of benzene rings is 2. The number of carbonyl (C=O) groups is 1. The van der Waals surface area contributed by atoms with Crippen LogP contribution in [0.25, 0.3) is 0 Å². The summed E-state index contributed by atoms with van der Waals surface area (Å²) in [6.45, 7) is 3.05. The lowest BCUT2D eigenvalue weighted by atomic mass is 9.77. The Morgan fingerprint density at radius 2 is 1.67 bits per heavy atom. The Hall–Kier alpha value is -2.39. The predicted molar refractivity (Wildman–Crippen MR) is 122 cm³/mol. The van der Waals surface area contributed by atoms with Crippen LogP contribution in [0.4, 0.5) is 22.4 Å². The zero-order valence-corrected chi connectivity index (χ0v) is 20.8. The first-order valence-corrected chi connectivity index (χ1v) is 13.8. The fourth-order valence-corrected chi connectivity index (χ4v) is 8.37. The number of piperidine rings is 1. The van der Waals surface area contributed by atoms with Gasteiger partial charge in [0.25, 0.3) is 0 Å². The van der Waals surface area contributed by atoms with E-state index in [2.05, 4.69) is 4.72 Å². The van der Waals surface area contributed by atoms with Crippen molar-refractivity contribution in [2.24, 2.45) is 0 Å². The molecule has 36 heavy (non-hydrogen) atoms. The number of fused-ring (bicyclic) bond motifs is 2. The molecule has 0 unspecified atom stereocenters. The average molecular weight is 553 g/mol. The smallest absolute Gasteiger partial charge is 0.417 e. The predicted octanol–water partition coefficient (Wildman–Crippen LogP) is 5.07. The standard InChI is InChI=1S/C22H24F4N2O6S2/c1-21(2)14-4-3-12(23)9-17(14)35(31,32)18-11-19(16(10-15(18)21)22(24,25)26)36(33,34)27-13-5-7-28(8-6-13)20(29)30/h3-4,9-11,13,27,31-32H,5-8H2,1-2H3,(H,29,30). The first-order chi connectivity index (χ1) is 16.5.